The number of hydrogen-bond donors (Lipinski definition) is 1. The molecular weight excluding hydrogens is 574 g/mol. The Morgan fingerprint density at radius 3 is 2.46 bits per heavy atom. The van der Waals surface area contributed by atoms with Crippen molar-refractivity contribution in [1.82, 2.24) is 4.90 Å². The van der Waals surface area contributed by atoms with Crippen molar-refractivity contribution >= 4 is 52.5 Å². The average molecular weight is 597 g/mol. The molecule has 0 spiro atoms. The molecule has 3 fully saturated rings. The molecule has 3 aliphatic heterocycles. The summed E-state index contributed by atoms with van der Waals surface area (Å²) in [4.78, 5) is 52.7. The second kappa shape index (κ2) is 8.66. The molecule has 6 atom stereocenters. The van der Waals surface area contributed by atoms with Gasteiger partial charge >= 0.3 is 0 Å². The first-order chi connectivity index (χ1) is 19.5. The summed E-state index contributed by atoms with van der Waals surface area (Å²) in [5.74, 6) is -5.25. The quantitative estimate of drug-likeness (QED) is 0.318. The Bertz CT molecular complexity index is 1640. The first-order valence-electron chi connectivity index (χ1n) is 13.2. The Hall–Kier alpha value is -3.69. The second-order valence-electron chi connectivity index (χ2n) is 11.3. The van der Waals surface area contributed by atoms with Crippen molar-refractivity contribution in [3.8, 4) is 11.5 Å². The lowest BCUT2D eigenvalue weighted by atomic mass is 9.56. The normalized spacial score (nSPS) is 34.0. The molecule has 8 nitrogen and oxygen atoms in total. The van der Waals surface area contributed by atoms with Crippen LogP contribution in [0.25, 0.3) is 0 Å². The molecule has 1 N–H and O–H groups in total. The number of hydrogen-bond acceptors (Lipinski definition) is 6. The van der Waals surface area contributed by atoms with E-state index in [0.29, 0.717) is 22.5 Å². The number of imide groups is 2. The van der Waals surface area contributed by atoms with Gasteiger partial charge in [-0.25, -0.2) is 9.29 Å². The third-order valence-electron chi connectivity index (χ3n) is 9.26. The Balaban J connectivity index is 1.41. The standard InChI is InChI=1S/C30H23Cl2FN2O6/c1-34-25(37)20-8-7-19-21(23(20)26(34)38)12-29(31)27(39)35(17-4-2-16(33)3-5-17)28(40)30(29,32)24(19)15-10-14-11-18(36)6-9-22(14)41-13-15/h2-7,9,11,13,20-21,23-24,36H,8,10,12H2,1H3. The van der Waals surface area contributed by atoms with Crippen LogP contribution < -0.4 is 9.64 Å². The monoisotopic (exact) mass is 596 g/mol. The van der Waals surface area contributed by atoms with Crippen LogP contribution in [0, 0.1) is 29.5 Å². The van der Waals surface area contributed by atoms with E-state index in [-0.39, 0.29) is 42.5 Å². The number of carbonyl (C=O) groups excluding carboxylic acids is 4. The smallest absolute Gasteiger partial charge is 0.258 e. The Labute approximate surface area is 243 Å². The number of ether oxygens (including phenoxy) is 1. The maximum Gasteiger partial charge on any atom is 0.258 e. The molecule has 0 radical (unpaired) electrons. The highest BCUT2D eigenvalue weighted by Gasteiger charge is 2.76. The van der Waals surface area contributed by atoms with Crippen molar-refractivity contribution in [2.75, 3.05) is 11.9 Å². The molecule has 2 aromatic carbocycles. The molecule has 41 heavy (non-hydrogen) atoms. The Morgan fingerprint density at radius 1 is 1.00 bits per heavy atom. The van der Waals surface area contributed by atoms with Gasteiger partial charge < -0.3 is 9.84 Å². The zero-order valence-electron chi connectivity index (χ0n) is 21.6. The van der Waals surface area contributed by atoms with Crippen LogP contribution in [-0.2, 0) is 25.6 Å². The lowest BCUT2D eigenvalue weighted by Crippen LogP contribution is -2.61. The largest absolute Gasteiger partial charge is 0.508 e. The van der Waals surface area contributed by atoms with Gasteiger partial charge in [0, 0.05) is 24.9 Å². The number of aromatic hydroxyl groups is 1. The summed E-state index contributed by atoms with van der Waals surface area (Å²) in [5, 5.41) is 10.1. The van der Waals surface area contributed by atoms with Gasteiger partial charge in [-0.1, -0.05) is 11.6 Å². The molecule has 2 aromatic rings. The Morgan fingerprint density at radius 2 is 1.73 bits per heavy atom. The van der Waals surface area contributed by atoms with Gasteiger partial charge in [-0.15, -0.1) is 23.2 Å². The van der Waals surface area contributed by atoms with Gasteiger partial charge in [-0.2, -0.15) is 0 Å². The predicted molar refractivity (Wildman–Crippen MR) is 146 cm³/mol. The van der Waals surface area contributed by atoms with E-state index in [9.17, 15) is 28.7 Å². The van der Waals surface area contributed by atoms with E-state index in [0.717, 1.165) is 21.9 Å². The fourth-order valence-electron chi connectivity index (χ4n) is 7.37. The van der Waals surface area contributed by atoms with Gasteiger partial charge in [0.05, 0.1) is 23.8 Å². The number of nitrogens with zero attached hydrogens (tertiary/aromatic N) is 2. The van der Waals surface area contributed by atoms with Gasteiger partial charge in [0.2, 0.25) is 11.8 Å². The summed E-state index contributed by atoms with van der Waals surface area (Å²) in [6.45, 7) is 0. The van der Waals surface area contributed by atoms with Gasteiger partial charge in [-0.3, -0.25) is 24.1 Å². The zero-order valence-corrected chi connectivity index (χ0v) is 23.2. The number of anilines is 1. The molecule has 2 aliphatic carbocycles. The van der Waals surface area contributed by atoms with Crippen molar-refractivity contribution in [2.45, 2.75) is 29.0 Å². The van der Waals surface area contributed by atoms with E-state index in [4.69, 9.17) is 27.9 Å². The number of halogens is 3. The number of benzene rings is 2. The summed E-state index contributed by atoms with van der Waals surface area (Å²) in [6, 6.07) is 9.51. The van der Waals surface area contributed by atoms with Crippen LogP contribution in [0.3, 0.4) is 0 Å². The summed E-state index contributed by atoms with van der Waals surface area (Å²) < 4.78 is 19.6. The van der Waals surface area contributed by atoms with Crippen LogP contribution in [0.2, 0.25) is 0 Å². The molecule has 0 bridgehead atoms. The lowest BCUT2D eigenvalue weighted by Gasteiger charge is -2.51. The first kappa shape index (κ1) is 26.2. The second-order valence-corrected chi connectivity index (χ2v) is 12.5. The van der Waals surface area contributed by atoms with Crippen molar-refractivity contribution in [2.24, 2.45) is 23.7 Å². The highest BCUT2D eigenvalue weighted by atomic mass is 35.5. The summed E-state index contributed by atoms with van der Waals surface area (Å²) in [6.07, 6.45) is 3.66. The van der Waals surface area contributed by atoms with Crippen LogP contribution in [0.15, 0.2) is 65.9 Å². The van der Waals surface area contributed by atoms with Crippen LogP contribution >= 0.6 is 23.2 Å². The molecule has 7 rings (SSSR count). The van der Waals surface area contributed by atoms with Crippen LogP contribution in [0.4, 0.5) is 10.1 Å². The molecular formula is C30H23Cl2FN2O6. The zero-order chi connectivity index (χ0) is 29.0. The minimum Gasteiger partial charge on any atom is -0.508 e. The average Bonchev–Trinajstić information content (AvgIpc) is 3.26. The molecule has 5 aliphatic rings. The highest BCUT2D eigenvalue weighted by Crippen LogP contribution is 2.65. The maximum atomic E-state index is 14.3. The number of phenolic OH excluding ortho intramolecular Hbond substituents is 1. The molecule has 11 heteroatoms. The molecule has 3 heterocycles. The molecule has 4 amide bonds. The van der Waals surface area contributed by atoms with Gasteiger partial charge in [-0.05, 0) is 66.8 Å². The van der Waals surface area contributed by atoms with Crippen molar-refractivity contribution in [1.29, 1.82) is 0 Å². The first-order valence-corrected chi connectivity index (χ1v) is 13.9. The number of likely N-dealkylation sites (tertiary alicyclic amines) is 1. The van der Waals surface area contributed by atoms with E-state index in [2.05, 4.69) is 0 Å². The van der Waals surface area contributed by atoms with E-state index in [1.54, 1.807) is 12.1 Å². The third-order valence-corrected chi connectivity index (χ3v) is 10.7. The van der Waals surface area contributed by atoms with Gasteiger partial charge in [0.1, 0.15) is 17.3 Å². The molecule has 6 unspecified atom stereocenters. The van der Waals surface area contributed by atoms with E-state index in [1.165, 1.54) is 31.5 Å². The number of fused-ring (bicyclic) bond motifs is 5. The minimum atomic E-state index is -2.03. The van der Waals surface area contributed by atoms with E-state index in [1.807, 2.05) is 6.08 Å². The summed E-state index contributed by atoms with van der Waals surface area (Å²) >= 11 is 14.6. The highest BCUT2D eigenvalue weighted by molar-refractivity contribution is 6.58. The number of phenols is 1. The Kier molecular flexibility index (Phi) is 5.54. The van der Waals surface area contributed by atoms with Crippen molar-refractivity contribution < 1.29 is 33.4 Å². The fourth-order valence-corrected chi connectivity index (χ4v) is 8.32. The lowest BCUT2D eigenvalue weighted by molar-refractivity contribution is -0.138. The summed E-state index contributed by atoms with van der Waals surface area (Å²) in [5.41, 5.74) is 1.93. The van der Waals surface area contributed by atoms with Gasteiger partial charge in [0.25, 0.3) is 11.8 Å². The molecule has 210 valence electrons. The molecule has 0 aromatic heterocycles. The topological polar surface area (TPSA) is 104 Å². The SMILES string of the molecule is CN1C(=O)C2CC=C3C(CC4(Cl)C(=O)N(c5ccc(F)cc5)C(=O)C4(Cl)C3C3=COc4ccc(O)cc4C3)C2C1=O. The number of amides is 4. The van der Waals surface area contributed by atoms with Gasteiger partial charge in [0.15, 0.2) is 9.75 Å². The van der Waals surface area contributed by atoms with E-state index < -0.39 is 51.1 Å². The maximum absolute atomic E-state index is 14.3. The van der Waals surface area contributed by atoms with Crippen LogP contribution in [0.5, 0.6) is 11.5 Å². The number of carbonyl (C=O) groups is 4. The third kappa shape index (κ3) is 3.33. The van der Waals surface area contributed by atoms with E-state index >= 15 is 0 Å². The number of allylic oxidation sites excluding steroid dienone is 3. The van der Waals surface area contributed by atoms with Crippen LogP contribution in [-0.4, -0.2) is 50.4 Å². The number of rotatable bonds is 2. The predicted octanol–water partition coefficient (Wildman–Crippen LogP) is 4.08. The summed E-state index contributed by atoms with van der Waals surface area (Å²) in [7, 11) is 1.44. The molecule has 2 saturated heterocycles. The van der Waals surface area contributed by atoms with Crippen molar-refractivity contribution in [3.05, 3.63) is 77.3 Å². The molecule has 1 saturated carbocycles. The minimum absolute atomic E-state index is 0.0230. The van der Waals surface area contributed by atoms with Crippen LogP contribution in [0.1, 0.15) is 18.4 Å². The fraction of sp³-hybridized carbons (Fsp3) is 0.333. The van der Waals surface area contributed by atoms with Crippen molar-refractivity contribution in [3.63, 3.8) is 0 Å². The number of alkyl halides is 2.